The van der Waals surface area contributed by atoms with Crippen LogP contribution in [-0.4, -0.2) is 50.3 Å². The van der Waals surface area contributed by atoms with E-state index in [-0.39, 0.29) is 12.8 Å². The molecule has 9 nitrogen and oxygen atoms in total. The van der Waals surface area contributed by atoms with Gasteiger partial charge >= 0.3 is 0 Å². The molecule has 0 heterocycles. The molecule has 0 aliphatic rings. The van der Waals surface area contributed by atoms with Crippen molar-refractivity contribution in [3.05, 3.63) is 26.3 Å². The Bertz CT molecular complexity index is 509. The third kappa shape index (κ3) is 13.1. The summed E-state index contributed by atoms with van der Waals surface area (Å²) < 4.78 is 0. The molecule has 29 heavy (non-hydrogen) atoms. The molecule has 9 heteroatoms. The summed E-state index contributed by atoms with van der Waals surface area (Å²) in [6.07, 6.45) is 6.54. The van der Waals surface area contributed by atoms with E-state index in [9.17, 15) is 35.2 Å². The molecule has 0 amide bonds. The van der Waals surface area contributed by atoms with Gasteiger partial charge in [-0.3, -0.25) is 20.2 Å². The molecule has 0 saturated carbocycles. The fraction of sp³-hybridized carbons (Fsp3) is 0.900. The SMILES string of the molecule is CCCCCC(O)C(CCCCC(C(O)CCCCCC=C=O)[N+](=O)[O-])[N+](=O)[O-]. The lowest BCUT2D eigenvalue weighted by atomic mass is 9.96. The maximum absolute atomic E-state index is 11.3. The lowest BCUT2D eigenvalue weighted by Gasteiger charge is -2.18. The summed E-state index contributed by atoms with van der Waals surface area (Å²) in [4.78, 5) is 31.6. The van der Waals surface area contributed by atoms with Gasteiger partial charge in [0.15, 0.2) is 0 Å². The first-order valence-corrected chi connectivity index (χ1v) is 10.7. The lowest BCUT2D eigenvalue weighted by molar-refractivity contribution is -0.537. The highest BCUT2D eigenvalue weighted by molar-refractivity contribution is 5.44. The highest BCUT2D eigenvalue weighted by Gasteiger charge is 2.31. The van der Waals surface area contributed by atoms with Crippen molar-refractivity contribution in [2.24, 2.45) is 0 Å². The molecule has 0 aliphatic carbocycles. The molecule has 0 aromatic heterocycles. The molecular weight excluding hydrogens is 380 g/mol. The monoisotopic (exact) mass is 416 g/mol. The van der Waals surface area contributed by atoms with Crippen LogP contribution in [0.4, 0.5) is 0 Å². The number of unbranched alkanes of at least 4 members (excludes halogenated alkanes) is 6. The molecule has 0 spiro atoms. The molecule has 168 valence electrons. The zero-order valence-electron chi connectivity index (χ0n) is 17.4. The van der Waals surface area contributed by atoms with Crippen LogP contribution in [0.3, 0.4) is 0 Å². The Morgan fingerprint density at radius 3 is 1.66 bits per heavy atom. The van der Waals surface area contributed by atoms with Crippen LogP contribution in [0.1, 0.15) is 90.4 Å². The molecule has 0 rings (SSSR count). The van der Waals surface area contributed by atoms with Gasteiger partial charge in [0.05, 0.1) is 0 Å². The molecule has 0 radical (unpaired) electrons. The molecule has 0 aliphatic heterocycles. The molecule has 4 unspecified atom stereocenters. The number of allylic oxidation sites excluding steroid dienone is 1. The van der Waals surface area contributed by atoms with Crippen molar-refractivity contribution in [1.29, 1.82) is 0 Å². The molecule has 2 N–H and O–H groups in total. The van der Waals surface area contributed by atoms with Crippen molar-refractivity contribution in [3.63, 3.8) is 0 Å². The van der Waals surface area contributed by atoms with Crippen LogP contribution in [-0.2, 0) is 4.79 Å². The molecule has 0 fully saturated rings. The summed E-state index contributed by atoms with van der Waals surface area (Å²) in [5, 5.41) is 42.6. The van der Waals surface area contributed by atoms with Crippen molar-refractivity contribution >= 4 is 5.94 Å². The van der Waals surface area contributed by atoms with Crippen LogP contribution < -0.4 is 0 Å². The van der Waals surface area contributed by atoms with Crippen molar-refractivity contribution in [2.45, 2.75) is 115 Å². The summed E-state index contributed by atoms with van der Waals surface area (Å²) in [6, 6.07) is -2.14. The first kappa shape index (κ1) is 27.2. The Balaban J connectivity index is 4.31. The third-order valence-electron chi connectivity index (χ3n) is 5.21. The maximum Gasteiger partial charge on any atom is 0.238 e. The number of aliphatic hydroxyl groups excluding tert-OH is 2. The largest absolute Gasteiger partial charge is 0.386 e. The zero-order chi connectivity index (χ0) is 22.1. The van der Waals surface area contributed by atoms with Crippen molar-refractivity contribution in [3.8, 4) is 0 Å². The van der Waals surface area contributed by atoms with E-state index >= 15 is 0 Å². The van der Waals surface area contributed by atoms with Gasteiger partial charge in [-0.25, -0.2) is 4.79 Å². The van der Waals surface area contributed by atoms with Gasteiger partial charge in [0.25, 0.3) is 0 Å². The predicted octanol–water partition coefficient (Wildman–Crippen LogP) is 3.48. The van der Waals surface area contributed by atoms with Gasteiger partial charge < -0.3 is 10.2 Å². The third-order valence-corrected chi connectivity index (χ3v) is 5.21. The van der Waals surface area contributed by atoms with Crippen LogP contribution in [0, 0.1) is 20.2 Å². The number of nitro groups is 2. The number of nitrogens with zero attached hydrogens (tertiary/aromatic N) is 2. The van der Waals surface area contributed by atoms with Gasteiger partial charge in [-0.15, -0.1) is 0 Å². The van der Waals surface area contributed by atoms with E-state index in [1.165, 1.54) is 6.08 Å². The lowest BCUT2D eigenvalue weighted by Crippen LogP contribution is -2.35. The first-order valence-electron chi connectivity index (χ1n) is 10.7. The zero-order valence-corrected chi connectivity index (χ0v) is 17.4. The van der Waals surface area contributed by atoms with Gasteiger partial charge in [-0.2, -0.15) is 0 Å². The highest BCUT2D eigenvalue weighted by atomic mass is 16.6. The molecule has 0 saturated heterocycles. The van der Waals surface area contributed by atoms with E-state index in [1.807, 2.05) is 6.92 Å². The molecule has 0 aromatic carbocycles. The predicted molar refractivity (Wildman–Crippen MR) is 110 cm³/mol. The minimum absolute atomic E-state index is 0.151. The Kier molecular flexibility index (Phi) is 16.0. The van der Waals surface area contributed by atoms with E-state index < -0.39 is 34.1 Å². The Morgan fingerprint density at radius 1 is 0.793 bits per heavy atom. The summed E-state index contributed by atoms with van der Waals surface area (Å²) in [7, 11) is 0. The van der Waals surface area contributed by atoms with Gasteiger partial charge in [0.1, 0.15) is 18.1 Å². The topological polar surface area (TPSA) is 144 Å². The van der Waals surface area contributed by atoms with Crippen LogP contribution in [0.25, 0.3) is 0 Å². The smallest absolute Gasteiger partial charge is 0.238 e. The number of aliphatic hydroxyl groups is 2. The van der Waals surface area contributed by atoms with Crippen LogP contribution in [0.5, 0.6) is 0 Å². The van der Waals surface area contributed by atoms with E-state index in [1.54, 1.807) is 5.94 Å². The number of rotatable bonds is 19. The first-order chi connectivity index (χ1) is 13.8. The van der Waals surface area contributed by atoms with Gasteiger partial charge in [0, 0.05) is 22.7 Å². The Hall–Kier alpha value is -1.83. The van der Waals surface area contributed by atoms with Crippen LogP contribution >= 0.6 is 0 Å². The van der Waals surface area contributed by atoms with Gasteiger partial charge in [-0.1, -0.05) is 39.0 Å². The van der Waals surface area contributed by atoms with E-state index in [0.29, 0.717) is 38.5 Å². The van der Waals surface area contributed by atoms with Crippen LogP contribution in [0.2, 0.25) is 0 Å². The standard InChI is InChI=1S/C20H36N2O7/c1-2-3-7-14-19(24)17(21(26)27)12-9-10-13-18(22(28)29)20(25)15-8-5-4-6-11-16-23/h11,17-20,24-25H,2-10,12-15H2,1H3. The second-order valence-electron chi connectivity index (χ2n) is 7.58. The minimum Gasteiger partial charge on any atom is -0.386 e. The Labute approximate surface area is 172 Å². The second-order valence-corrected chi connectivity index (χ2v) is 7.58. The van der Waals surface area contributed by atoms with Crippen molar-refractivity contribution in [1.82, 2.24) is 0 Å². The van der Waals surface area contributed by atoms with E-state index in [2.05, 4.69) is 0 Å². The second kappa shape index (κ2) is 17.1. The van der Waals surface area contributed by atoms with E-state index in [0.717, 1.165) is 32.1 Å². The summed E-state index contributed by atoms with van der Waals surface area (Å²) in [6.45, 7) is 2.02. The van der Waals surface area contributed by atoms with Crippen molar-refractivity contribution < 1.29 is 24.9 Å². The fourth-order valence-corrected chi connectivity index (χ4v) is 3.41. The molecule has 0 bridgehead atoms. The Morgan fingerprint density at radius 2 is 1.24 bits per heavy atom. The van der Waals surface area contributed by atoms with Crippen LogP contribution in [0.15, 0.2) is 6.08 Å². The summed E-state index contributed by atoms with van der Waals surface area (Å²) in [5.41, 5.74) is 0. The summed E-state index contributed by atoms with van der Waals surface area (Å²) >= 11 is 0. The molecule has 4 atom stereocenters. The number of hydrogen-bond donors (Lipinski definition) is 2. The average molecular weight is 417 g/mol. The quantitative estimate of drug-likeness (QED) is 0.142. The van der Waals surface area contributed by atoms with Gasteiger partial charge in [0.2, 0.25) is 12.1 Å². The maximum atomic E-state index is 11.3. The number of hydrogen-bond acceptors (Lipinski definition) is 7. The molecule has 0 aromatic rings. The van der Waals surface area contributed by atoms with E-state index in [4.69, 9.17) is 0 Å². The van der Waals surface area contributed by atoms with Gasteiger partial charge in [-0.05, 0) is 44.6 Å². The minimum atomic E-state index is -1.09. The summed E-state index contributed by atoms with van der Waals surface area (Å²) in [5.74, 6) is 1.69. The fourth-order valence-electron chi connectivity index (χ4n) is 3.41. The average Bonchev–Trinajstić information content (AvgIpc) is 2.66. The highest BCUT2D eigenvalue weighted by Crippen LogP contribution is 2.19. The number of carbonyl (C=O) groups excluding carboxylic acids is 1. The normalized spacial score (nSPS) is 15.1. The van der Waals surface area contributed by atoms with Crippen molar-refractivity contribution in [2.75, 3.05) is 0 Å². The molecular formula is C20H36N2O7.